The van der Waals surface area contributed by atoms with Crippen LogP contribution >= 0.6 is 38.9 Å². The summed E-state index contributed by atoms with van der Waals surface area (Å²) in [6.45, 7) is 2.14. The second-order valence-corrected chi connectivity index (χ2v) is 7.29. The molecule has 1 heterocycles. The molecule has 3 heteroatoms. The van der Waals surface area contributed by atoms with E-state index >= 15 is 0 Å². The van der Waals surface area contributed by atoms with Gasteiger partial charge < -0.3 is 0 Å². The molecule has 0 spiro atoms. The third kappa shape index (κ3) is 2.45. The zero-order valence-electron chi connectivity index (χ0n) is 10.4. The molecule has 2 aromatic carbocycles. The topological polar surface area (TPSA) is 0 Å². The van der Waals surface area contributed by atoms with E-state index in [2.05, 4.69) is 70.7 Å². The first-order valence-corrected chi connectivity index (χ1v) is 8.14. The highest BCUT2D eigenvalue weighted by atomic mass is 79.9. The molecule has 96 valence electrons. The first-order chi connectivity index (χ1) is 9.16. The molecule has 1 atom stereocenters. The van der Waals surface area contributed by atoms with E-state index in [4.69, 9.17) is 11.6 Å². The van der Waals surface area contributed by atoms with Crippen LogP contribution < -0.4 is 0 Å². The van der Waals surface area contributed by atoms with Crippen molar-refractivity contribution in [2.75, 3.05) is 0 Å². The highest BCUT2D eigenvalue weighted by molar-refractivity contribution is 9.11. The molecule has 0 amide bonds. The van der Waals surface area contributed by atoms with Gasteiger partial charge in [-0.05, 0) is 61.8 Å². The van der Waals surface area contributed by atoms with Crippen molar-refractivity contribution in [1.29, 1.82) is 0 Å². The smallest absolute Gasteiger partial charge is 0.0849 e. The van der Waals surface area contributed by atoms with E-state index in [0.29, 0.717) is 0 Å². The quantitative estimate of drug-likeness (QED) is 0.475. The summed E-state index contributed by atoms with van der Waals surface area (Å²) in [5.41, 5.74) is 3.61. The molecule has 0 fully saturated rings. The Kier molecular flexibility index (Phi) is 3.66. The molecule has 0 nitrogen and oxygen atoms in total. The van der Waals surface area contributed by atoms with Crippen molar-refractivity contribution >= 4 is 49.6 Å². The fourth-order valence-electron chi connectivity index (χ4n) is 2.33. The van der Waals surface area contributed by atoms with Crippen LogP contribution in [-0.2, 0) is 0 Å². The van der Waals surface area contributed by atoms with Crippen LogP contribution in [0.15, 0.2) is 51.6 Å². The van der Waals surface area contributed by atoms with Gasteiger partial charge >= 0.3 is 0 Å². The minimum Gasteiger partial charge on any atom is -0.136 e. The van der Waals surface area contributed by atoms with Crippen molar-refractivity contribution < 1.29 is 0 Å². The molecule has 0 aliphatic rings. The number of thiophene rings is 1. The maximum Gasteiger partial charge on any atom is 0.0849 e. The van der Waals surface area contributed by atoms with Crippen LogP contribution in [0.3, 0.4) is 0 Å². The number of fused-ring (bicyclic) bond motifs is 1. The van der Waals surface area contributed by atoms with Crippen LogP contribution in [0.1, 0.15) is 22.1 Å². The van der Waals surface area contributed by atoms with Crippen LogP contribution in [0, 0.1) is 6.92 Å². The number of halogens is 2. The van der Waals surface area contributed by atoms with Crippen molar-refractivity contribution in [3.63, 3.8) is 0 Å². The van der Waals surface area contributed by atoms with Gasteiger partial charge in [-0.15, -0.1) is 22.9 Å². The lowest BCUT2D eigenvalue weighted by Crippen LogP contribution is -1.94. The number of hydrogen-bond acceptors (Lipinski definition) is 1. The fraction of sp³-hybridized carbons (Fsp3) is 0.125. The van der Waals surface area contributed by atoms with Crippen LogP contribution in [-0.4, -0.2) is 0 Å². The summed E-state index contributed by atoms with van der Waals surface area (Å²) in [4.78, 5) is 0. The molecule has 1 unspecified atom stereocenters. The predicted octanol–water partition coefficient (Wildman–Crippen LogP) is 6.30. The van der Waals surface area contributed by atoms with Gasteiger partial charge in [0.1, 0.15) is 0 Å². The predicted molar refractivity (Wildman–Crippen MR) is 88.4 cm³/mol. The zero-order chi connectivity index (χ0) is 13.4. The first kappa shape index (κ1) is 13.2. The van der Waals surface area contributed by atoms with Crippen molar-refractivity contribution in [3.8, 4) is 0 Å². The molecule has 0 saturated heterocycles. The van der Waals surface area contributed by atoms with Crippen molar-refractivity contribution in [2.45, 2.75) is 12.3 Å². The molecule has 0 N–H and O–H groups in total. The van der Waals surface area contributed by atoms with E-state index in [1.54, 1.807) is 11.3 Å². The molecule has 0 bridgehead atoms. The van der Waals surface area contributed by atoms with E-state index in [-0.39, 0.29) is 5.38 Å². The lowest BCUT2D eigenvalue weighted by molar-refractivity contribution is 1.17. The van der Waals surface area contributed by atoms with Crippen LogP contribution in [0.5, 0.6) is 0 Å². The van der Waals surface area contributed by atoms with E-state index in [9.17, 15) is 0 Å². The Labute approximate surface area is 130 Å². The number of benzene rings is 2. The maximum atomic E-state index is 6.66. The van der Waals surface area contributed by atoms with Gasteiger partial charge in [-0.1, -0.05) is 36.4 Å². The lowest BCUT2D eigenvalue weighted by atomic mass is 9.96. The summed E-state index contributed by atoms with van der Waals surface area (Å²) in [7, 11) is 0. The standard InChI is InChI=1S/C16H12BrClS/c1-10-6-7-14(13-5-3-2-4-12(10)13)16(18)11-8-15(17)19-9-11/h2-9,16H,1H3. The Balaban J connectivity index is 2.18. The van der Waals surface area contributed by atoms with Gasteiger partial charge in [0.25, 0.3) is 0 Å². The summed E-state index contributed by atoms with van der Waals surface area (Å²) in [6, 6.07) is 14.8. The van der Waals surface area contributed by atoms with Crippen LogP contribution in [0.2, 0.25) is 0 Å². The van der Waals surface area contributed by atoms with Crippen molar-refractivity contribution in [2.24, 2.45) is 0 Å². The van der Waals surface area contributed by atoms with Gasteiger partial charge in [0, 0.05) is 0 Å². The van der Waals surface area contributed by atoms with Gasteiger partial charge in [0.05, 0.1) is 9.16 Å². The van der Waals surface area contributed by atoms with Gasteiger partial charge in [-0.2, -0.15) is 0 Å². The Hall–Kier alpha value is -0.830. The Morgan fingerprint density at radius 2 is 1.84 bits per heavy atom. The normalized spacial score (nSPS) is 12.8. The first-order valence-electron chi connectivity index (χ1n) is 6.03. The third-order valence-electron chi connectivity index (χ3n) is 3.33. The molecule has 0 aliphatic heterocycles. The number of alkyl halides is 1. The number of aryl methyl sites for hydroxylation is 1. The minimum absolute atomic E-state index is 0.104. The van der Waals surface area contributed by atoms with Gasteiger partial charge in [0.15, 0.2) is 0 Å². The summed E-state index contributed by atoms with van der Waals surface area (Å²) >= 11 is 11.8. The van der Waals surface area contributed by atoms with E-state index in [1.165, 1.54) is 21.9 Å². The molecule has 0 saturated carbocycles. The summed E-state index contributed by atoms with van der Waals surface area (Å²) < 4.78 is 1.12. The van der Waals surface area contributed by atoms with E-state index in [1.807, 2.05) is 0 Å². The summed E-state index contributed by atoms with van der Waals surface area (Å²) in [5, 5.41) is 4.52. The second kappa shape index (κ2) is 5.28. The monoisotopic (exact) mass is 350 g/mol. The SMILES string of the molecule is Cc1ccc(C(Cl)c2csc(Br)c2)c2ccccc12. The maximum absolute atomic E-state index is 6.66. The van der Waals surface area contributed by atoms with Crippen molar-refractivity contribution in [1.82, 2.24) is 0 Å². The Bertz CT molecular complexity index is 732. The second-order valence-electron chi connectivity index (χ2n) is 4.56. The largest absolute Gasteiger partial charge is 0.136 e. The third-order valence-corrected chi connectivity index (χ3v) is 5.34. The van der Waals surface area contributed by atoms with Crippen LogP contribution in [0.25, 0.3) is 10.8 Å². The average Bonchev–Trinajstić information content (AvgIpc) is 2.86. The molecular formula is C16H12BrClS. The Morgan fingerprint density at radius 3 is 2.53 bits per heavy atom. The van der Waals surface area contributed by atoms with Gasteiger partial charge in [0.2, 0.25) is 0 Å². The lowest BCUT2D eigenvalue weighted by Gasteiger charge is -2.13. The van der Waals surface area contributed by atoms with Gasteiger partial charge in [-0.3, -0.25) is 0 Å². The molecule has 3 rings (SSSR count). The molecule has 1 aromatic heterocycles. The highest BCUT2D eigenvalue weighted by Crippen LogP contribution is 2.37. The molecule has 3 aromatic rings. The van der Waals surface area contributed by atoms with Crippen molar-refractivity contribution in [3.05, 3.63) is 68.3 Å². The zero-order valence-corrected chi connectivity index (χ0v) is 13.5. The Morgan fingerprint density at radius 1 is 1.11 bits per heavy atom. The van der Waals surface area contributed by atoms with Crippen LogP contribution in [0.4, 0.5) is 0 Å². The minimum atomic E-state index is -0.104. The summed E-state index contributed by atoms with van der Waals surface area (Å²) in [6.07, 6.45) is 0. The van der Waals surface area contributed by atoms with E-state index in [0.717, 1.165) is 9.35 Å². The average molecular weight is 352 g/mol. The summed E-state index contributed by atoms with van der Waals surface area (Å²) in [5.74, 6) is 0. The highest BCUT2D eigenvalue weighted by Gasteiger charge is 2.15. The number of hydrogen-bond donors (Lipinski definition) is 0. The molecular weight excluding hydrogens is 340 g/mol. The van der Waals surface area contributed by atoms with Gasteiger partial charge in [-0.25, -0.2) is 0 Å². The number of rotatable bonds is 2. The molecule has 0 aliphatic carbocycles. The molecule has 19 heavy (non-hydrogen) atoms. The molecule has 0 radical (unpaired) electrons. The van der Waals surface area contributed by atoms with E-state index < -0.39 is 0 Å². The fourth-order valence-corrected chi connectivity index (χ4v) is 3.92.